The summed E-state index contributed by atoms with van der Waals surface area (Å²) in [6.45, 7) is 1.27. The number of nitrogens with one attached hydrogen (secondary N) is 2. The van der Waals surface area contributed by atoms with Crippen LogP contribution in [-0.4, -0.2) is 57.5 Å². The van der Waals surface area contributed by atoms with Crippen LogP contribution in [0.2, 0.25) is 0 Å². The van der Waals surface area contributed by atoms with Crippen molar-refractivity contribution >= 4 is 11.8 Å². The zero-order valence-electron chi connectivity index (χ0n) is 12.5. The lowest BCUT2D eigenvalue weighted by atomic mass is 10.1. The summed E-state index contributed by atoms with van der Waals surface area (Å²) in [5.74, 6) is 0.00423. The third-order valence-electron chi connectivity index (χ3n) is 2.99. The second kappa shape index (κ2) is 8.32. The number of rotatable bonds is 7. The van der Waals surface area contributed by atoms with Crippen molar-refractivity contribution in [1.82, 2.24) is 10.2 Å². The minimum absolute atomic E-state index is 0.0232. The number of carbonyl (C=O) groups excluding carboxylic acids is 2. The molecule has 0 fully saturated rings. The number of amides is 2. The Morgan fingerprint density at radius 3 is 2.40 bits per heavy atom. The van der Waals surface area contributed by atoms with Crippen LogP contribution in [0.15, 0.2) is 30.3 Å². The van der Waals surface area contributed by atoms with Gasteiger partial charge in [-0.3, -0.25) is 9.59 Å². The summed E-state index contributed by atoms with van der Waals surface area (Å²) < 4.78 is 0. The Balaban J connectivity index is 2.21. The third-order valence-corrected chi connectivity index (χ3v) is 2.99. The van der Waals surface area contributed by atoms with E-state index < -0.39 is 0 Å². The van der Waals surface area contributed by atoms with Gasteiger partial charge in [0.25, 0.3) is 11.8 Å². The third kappa shape index (κ3) is 6.33. The Morgan fingerprint density at radius 2 is 1.80 bits per heavy atom. The summed E-state index contributed by atoms with van der Waals surface area (Å²) in [5.41, 5.74) is 1.20. The van der Waals surface area contributed by atoms with E-state index in [1.165, 1.54) is 10.5 Å². The standard InChI is InChI=1S/C15H23N3O2/c1-17(2)15(20)12-18(3)11-14(19)16-10-9-13-7-5-4-6-8-13/h4-8H,9-12H2,1-3H3,(H,16,19)/p+1. The lowest BCUT2D eigenvalue weighted by Gasteiger charge is -2.16. The molecule has 0 saturated carbocycles. The molecule has 0 bridgehead atoms. The van der Waals surface area contributed by atoms with Crippen molar-refractivity contribution < 1.29 is 14.5 Å². The fourth-order valence-corrected chi connectivity index (χ4v) is 1.81. The molecule has 1 aromatic carbocycles. The van der Waals surface area contributed by atoms with Crippen LogP contribution in [-0.2, 0) is 16.0 Å². The van der Waals surface area contributed by atoms with E-state index in [9.17, 15) is 9.59 Å². The summed E-state index contributed by atoms with van der Waals surface area (Å²) in [5, 5.41) is 2.88. The van der Waals surface area contributed by atoms with Gasteiger partial charge in [0.05, 0.1) is 7.05 Å². The molecule has 0 radical (unpaired) electrons. The quantitative estimate of drug-likeness (QED) is 0.669. The van der Waals surface area contributed by atoms with Crippen molar-refractivity contribution in [2.24, 2.45) is 0 Å². The minimum atomic E-state index is -0.0232. The number of nitrogens with zero attached hydrogens (tertiary/aromatic N) is 1. The highest BCUT2D eigenvalue weighted by Gasteiger charge is 2.14. The Morgan fingerprint density at radius 1 is 1.15 bits per heavy atom. The van der Waals surface area contributed by atoms with Gasteiger partial charge in [0.15, 0.2) is 13.1 Å². The number of quaternary nitrogens is 1. The van der Waals surface area contributed by atoms with E-state index in [-0.39, 0.29) is 11.8 Å². The fraction of sp³-hybridized carbons (Fsp3) is 0.467. The maximum absolute atomic E-state index is 11.7. The molecular formula is C15H24N3O2+. The number of likely N-dealkylation sites (N-methyl/N-ethyl adjacent to an activating group) is 2. The van der Waals surface area contributed by atoms with Crippen LogP contribution < -0.4 is 10.2 Å². The summed E-state index contributed by atoms with van der Waals surface area (Å²) in [7, 11) is 5.28. The van der Waals surface area contributed by atoms with Gasteiger partial charge in [-0.25, -0.2) is 0 Å². The first-order valence-electron chi connectivity index (χ1n) is 6.81. The van der Waals surface area contributed by atoms with E-state index in [1.54, 1.807) is 14.1 Å². The van der Waals surface area contributed by atoms with Crippen LogP contribution in [0.4, 0.5) is 0 Å². The predicted molar refractivity (Wildman–Crippen MR) is 78.5 cm³/mol. The fourth-order valence-electron chi connectivity index (χ4n) is 1.81. The average Bonchev–Trinajstić information content (AvgIpc) is 2.39. The molecule has 2 amide bonds. The molecule has 20 heavy (non-hydrogen) atoms. The maximum Gasteiger partial charge on any atom is 0.277 e. The zero-order valence-corrected chi connectivity index (χ0v) is 12.5. The molecule has 0 aliphatic carbocycles. The molecule has 0 spiro atoms. The molecule has 0 aliphatic heterocycles. The van der Waals surface area contributed by atoms with Crippen molar-refractivity contribution in [2.75, 3.05) is 40.8 Å². The van der Waals surface area contributed by atoms with Gasteiger partial charge < -0.3 is 15.1 Å². The Bertz CT molecular complexity index is 432. The SMILES string of the molecule is CN(C)C(=O)C[NH+](C)CC(=O)NCCc1ccccc1. The van der Waals surface area contributed by atoms with Gasteiger partial charge in [0.2, 0.25) is 0 Å². The van der Waals surface area contributed by atoms with Gasteiger partial charge in [-0.05, 0) is 12.0 Å². The number of hydrogen-bond donors (Lipinski definition) is 2. The number of carbonyl (C=O) groups is 2. The Kier molecular flexibility index (Phi) is 6.73. The lowest BCUT2D eigenvalue weighted by molar-refractivity contribution is -0.862. The van der Waals surface area contributed by atoms with Crippen molar-refractivity contribution in [2.45, 2.75) is 6.42 Å². The van der Waals surface area contributed by atoms with E-state index in [0.29, 0.717) is 19.6 Å². The average molecular weight is 278 g/mol. The number of benzene rings is 1. The molecule has 0 aliphatic rings. The van der Waals surface area contributed by atoms with Gasteiger partial charge in [0, 0.05) is 20.6 Å². The molecule has 0 aromatic heterocycles. The maximum atomic E-state index is 11.7. The molecule has 1 unspecified atom stereocenters. The van der Waals surface area contributed by atoms with Crippen LogP contribution in [0.1, 0.15) is 5.56 Å². The van der Waals surface area contributed by atoms with E-state index in [0.717, 1.165) is 11.3 Å². The number of hydrogen-bond acceptors (Lipinski definition) is 2. The predicted octanol–water partition coefficient (Wildman–Crippen LogP) is -1.05. The topological polar surface area (TPSA) is 53.9 Å². The highest BCUT2D eigenvalue weighted by atomic mass is 16.2. The van der Waals surface area contributed by atoms with Crippen molar-refractivity contribution in [3.8, 4) is 0 Å². The van der Waals surface area contributed by atoms with Crippen molar-refractivity contribution in [3.63, 3.8) is 0 Å². The van der Waals surface area contributed by atoms with Gasteiger partial charge in [-0.1, -0.05) is 30.3 Å². The van der Waals surface area contributed by atoms with E-state index in [4.69, 9.17) is 0 Å². The summed E-state index contributed by atoms with van der Waals surface area (Å²) >= 11 is 0. The molecule has 110 valence electrons. The van der Waals surface area contributed by atoms with Crippen LogP contribution in [0.25, 0.3) is 0 Å². The second-order valence-corrected chi connectivity index (χ2v) is 5.18. The van der Waals surface area contributed by atoms with Crippen LogP contribution in [0, 0.1) is 0 Å². The minimum Gasteiger partial charge on any atom is -0.351 e. The van der Waals surface area contributed by atoms with Gasteiger partial charge >= 0.3 is 0 Å². The van der Waals surface area contributed by atoms with Gasteiger partial charge in [-0.2, -0.15) is 0 Å². The summed E-state index contributed by atoms with van der Waals surface area (Å²) in [4.78, 5) is 25.7. The monoisotopic (exact) mass is 278 g/mol. The van der Waals surface area contributed by atoms with Crippen molar-refractivity contribution in [3.05, 3.63) is 35.9 Å². The molecule has 0 saturated heterocycles. The summed E-state index contributed by atoms with van der Waals surface area (Å²) in [6, 6.07) is 10.0. The largest absolute Gasteiger partial charge is 0.351 e. The first kappa shape index (κ1) is 16.2. The van der Waals surface area contributed by atoms with Gasteiger partial charge in [-0.15, -0.1) is 0 Å². The van der Waals surface area contributed by atoms with Crippen molar-refractivity contribution in [1.29, 1.82) is 0 Å². The van der Waals surface area contributed by atoms with Crippen LogP contribution in [0.3, 0.4) is 0 Å². The first-order valence-corrected chi connectivity index (χ1v) is 6.81. The van der Waals surface area contributed by atoms with Gasteiger partial charge in [0.1, 0.15) is 0 Å². The highest BCUT2D eigenvalue weighted by molar-refractivity contribution is 5.78. The Hall–Kier alpha value is -1.88. The molecule has 1 atom stereocenters. The molecule has 0 heterocycles. The zero-order chi connectivity index (χ0) is 15.0. The van der Waals surface area contributed by atoms with E-state index >= 15 is 0 Å². The Labute approximate surface area is 120 Å². The highest BCUT2D eigenvalue weighted by Crippen LogP contribution is 1.97. The molecule has 5 nitrogen and oxygen atoms in total. The van der Waals surface area contributed by atoms with Crippen LogP contribution in [0.5, 0.6) is 0 Å². The summed E-state index contributed by atoms with van der Waals surface area (Å²) in [6.07, 6.45) is 0.822. The molecule has 5 heteroatoms. The second-order valence-electron chi connectivity index (χ2n) is 5.18. The molecule has 1 rings (SSSR count). The molecule has 1 aromatic rings. The first-order chi connectivity index (χ1) is 9.49. The normalized spacial score (nSPS) is 11.8. The molecular weight excluding hydrogens is 254 g/mol. The molecule has 2 N–H and O–H groups in total. The smallest absolute Gasteiger partial charge is 0.277 e. The lowest BCUT2D eigenvalue weighted by Crippen LogP contribution is -3.11. The van der Waals surface area contributed by atoms with Crippen LogP contribution >= 0.6 is 0 Å². The van der Waals surface area contributed by atoms with E-state index in [2.05, 4.69) is 5.32 Å². The van der Waals surface area contributed by atoms with E-state index in [1.807, 2.05) is 37.4 Å².